The van der Waals surface area contributed by atoms with Crippen LogP contribution in [0.2, 0.25) is 0 Å². The van der Waals surface area contributed by atoms with Crippen LogP contribution < -0.4 is 5.84 Å². The first-order chi connectivity index (χ1) is 6.15. The monoisotopic (exact) mass is 180 g/mol. The zero-order valence-corrected chi connectivity index (χ0v) is 8.07. The van der Waals surface area contributed by atoms with E-state index in [1.54, 1.807) is 0 Å². The predicted octanol–water partition coefficient (Wildman–Crippen LogP) is 0.943. The van der Waals surface area contributed by atoms with E-state index >= 15 is 0 Å². The number of hydrogen-bond donors (Lipinski definition) is 2. The number of nitrogens with two attached hydrogens (primary N) is 1. The summed E-state index contributed by atoms with van der Waals surface area (Å²) in [6, 6.07) is 0. The molecule has 0 aromatic carbocycles. The van der Waals surface area contributed by atoms with E-state index in [0.29, 0.717) is 6.54 Å². The molecular formula is C10H16N2O. The second kappa shape index (κ2) is 3.87. The molecule has 1 aliphatic rings. The van der Waals surface area contributed by atoms with Crippen molar-refractivity contribution in [2.75, 3.05) is 6.54 Å². The van der Waals surface area contributed by atoms with Crippen LogP contribution in [-0.4, -0.2) is 22.4 Å². The van der Waals surface area contributed by atoms with Crippen LogP contribution in [0.3, 0.4) is 0 Å². The largest absolute Gasteiger partial charge is 0.369 e. The van der Waals surface area contributed by atoms with E-state index in [1.807, 2.05) is 44.2 Å². The summed E-state index contributed by atoms with van der Waals surface area (Å²) < 4.78 is 0. The molecule has 2 unspecified atom stereocenters. The number of hydrogen-bond acceptors (Lipinski definition) is 3. The van der Waals surface area contributed by atoms with Gasteiger partial charge in [-0.25, -0.2) is 5.01 Å². The number of hydrazine groups is 1. The van der Waals surface area contributed by atoms with Gasteiger partial charge in [-0.05, 0) is 13.8 Å². The molecule has 0 aromatic rings. The topological polar surface area (TPSA) is 49.3 Å². The summed E-state index contributed by atoms with van der Waals surface area (Å²) in [6.07, 6.45) is 9.43. The summed E-state index contributed by atoms with van der Waals surface area (Å²) in [5.41, 5.74) is -0.109. The predicted molar refractivity (Wildman–Crippen MR) is 53.6 cm³/mol. The summed E-state index contributed by atoms with van der Waals surface area (Å²) in [7, 11) is 0. The van der Waals surface area contributed by atoms with Crippen molar-refractivity contribution in [3.05, 3.63) is 36.0 Å². The zero-order chi connectivity index (χ0) is 9.90. The maximum absolute atomic E-state index is 9.86. The number of allylic oxidation sites excluding steroid dienone is 4. The normalized spacial score (nSPS) is 34.8. The highest BCUT2D eigenvalue weighted by atomic mass is 16.3. The van der Waals surface area contributed by atoms with E-state index in [0.717, 1.165) is 5.57 Å². The number of β-amino-alcohol motifs (C(OH)–C–C–N with tert-alkyl or cyclic N) is 1. The molecule has 3 N–H and O–H groups in total. The molecule has 0 aliphatic carbocycles. The van der Waals surface area contributed by atoms with Gasteiger partial charge < -0.3 is 5.11 Å². The lowest BCUT2D eigenvalue weighted by Crippen LogP contribution is -2.24. The minimum absolute atomic E-state index is 0.501. The smallest absolute Gasteiger partial charge is 0.171 e. The van der Waals surface area contributed by atoms with Crippen LogP contribution >= 0.6 is 0 Å². The van der Waals surface area contributed by atoms with E-state index in [4.69, 9.17) is 5.84 Å². The first-order valence-corrected chi connectivity index (χ1v) is 4.36. The molecule has 3 nitrogen and oxygen atoms in total. The third kappa shape index (κ3) is 2.06. The fourth-order valence-corrected chi connectivity index (χ4v) is 1.16. The lowest BCUT2D eigenvalue weighted by atomic mass is 10.1. The van der Waals surface area contributed by atoms with Gasteiger partial charge in [0, 0.05) is 5.57 Å². The highest BCUT2D eigenvalue weighted by Gasteiger charge is 2.50. The molecule has 0 amide bonds. The van der Waals surface area contributed by atoms with Crippen molar-refractivity contribution in [3.8, 4) is 0 Å². The van der Waals surface area contributed by atoms with Gasteiger partial charge in [-0.2, -0.15) is 0 Å². The number of rotatable bonds is 3. The average molecular weight is 180 g/mol. The molecule has 0 radical (unpaired) electrons. The van der Waals surface area contributed by atoms with Gasteiger partial charge in [-0.15, -0.1) is 0 Å². The molecule has 3 heteroatoms. The fraction of sp³-hybridized carbons (Fsp3) is 0.400. The molecule has 13 heavy (non-hydrogen) atoms. The van der Waals surface area contributed by atoms with Crippen molar-refractivity contribution in [3.63, 3.8) is 0 Å². The van der Waals surface area contributed by atoms with Gasteiger partial charge in [-0.3, -0.25) is 5.84 Å². The molecule has 0 bridgehead atoms. The van der Waals surface area contributed by atoms with Crippen LogP contribution in [-0.2, 0) is 0 Å². The van der Waals surface area contributed by atoms with Crippen molar-refractivity contribution < 1.29 is 5.11 Å². The summed E-state index contributed by atoms with van der Waals surface area (Å²) in [5, 5.41) is 11.3. The molecule has 1 saturated heterocycles. The Bertz CT molecular complexity index is 268. The van der Waals surface area contributed by atoms with Crippen LogP contribution in [0.1, 0.15) is 13.8 Å². The van der Waals surface area contributed by atoms with E-state index in [9.17, 15) is 5.11 Å². The number of nitrogens with zero attached hydrogens (tertiary/aromatic N) is 1. The second-order valence-electron chi connectivity index (χ2n) is 3.09. The van der Waals surface area contributed by atoms with Gasteiger partial charge in [0.2, 0.25) is 0 Å². The summed E-state index contributed by atoms with van der Waals surface area (Å²) in [6.45, 7) is 4.35. The Kier molecular flexibility index (Phi) is 3.03. The van der Waals surface area contributed by atoms with Gasteiger partial charge in [0.05, 0.1) is 6.54 Å². The second-order valence-corrected chi connectivity index (χ2v) is 3.09. The molecule has 0 aromatic heterocycles. The zero-order valence-electron chi connectivity index (χ0n) is 8.07. The Morgan fingerprint density at radius 3 is 2.46 bits per heavy atom. The Hall–Kier alpha value is -0.900. The van der Waals surface area contributed by atoms with Crippen LogP contribution in [0.5, 0.6) is 0 Å². The van der Waals surface area contributed by atoms with Crippen molar-refractivity contribution in [2.45, 2.75) is 19.6 Å². The summed E-state index contributed by atoms with van der Waals surface area (Å²) in [5.74, 6) is 5.49. The van der Waals surface area contributed by atoms with Gasteiger partial charge in [-0.1, -0.05) is 30.4 Å². The van der Waals surface area contributed by atoms with Crippen molar-refractivity contribution >= 4 is 0 Å². The van der Waals surface area contributed by atoms with Crippen molar-refractivity contribution in [2.24, 2.45) is 5.84 Å². The molecule has 0 saturated carbocycles. The van der Waals surface area contributed by atoms with Gasteiger partial charge in [0.25, 0.3) is 0 Å². The SMILES string of the molecule is C\C=C/C=C(\C=C/C)C1(O)CN1N. The average Bonchev–Trinajstić information content (AvgIpc) is 2.69. The van der Waals surface area contributed by atoms with Crippen LogP contribution in [0, 0.1) is 0 Å². The Labute approximate surface area is 78.8 Å². The summed E-state index contributed by atoms with van der Waals surface area (Å²) >= 11 is 0. The van der Waals surface area contributed by atoms with Crippen molar-refractivity contribution in [1.82, 2.24) is 5.01 Å². The molecule has 1 aliphatic heterocycles. The van der Waals surface area contributed by atoms with E-state index < -0.39 is 5.72 Å². The maximum atomic E-state index is 9.86. The van der Waals surface area contributed by atoms with Gasteiger partial charge in [0.15, 0.2) is 5.72 Å². The maximum Gasteiger partial charge on any atom is 0.171 e. The lowest BCUT2D eigenvalue weighted by Gasteiger charge is -2.08. The third-order valence-corrected chi connectivity index (χ3v) is 2.04. The Morgan fingerprint density at radius 1 is 1.46 bits per heavy atom. The molecular weight excluding hydrogens is 164 g/mol. The van der Waals surface area contributed by atoms with Gasteiger partial charge in [0.1, 0.15) is 0 Å². The Morgan fingerprint density at radius 2 is 2.08 bits per heavy atom. The van der Waals surface area contributed by atoms with Crippen molar-refractivity contribution in [1.29, 1.82) is 0 Å². The van der Waals surface area contributed by atoms with E-state index in [2.05, 4.69) is 0 Å². The molecule has 1 heterocycles. The van der Waals surface area contributed by atoms with Gasteiger partial charge >= 0.3 is 0 Å². The molecule has 1 rings (SSSR count). The molecule has 72 valence electrons. The highest BCUT2D eigenvalue weighted by Crippen LogP contribution is 2.33. The lowest BCUT2D eigenvalue weighted by molar-refractivity contribution is 0.128. The molecule has 1 fully saturated rings. The van der Waals surface area contributed by atoms with E-state index in [-0.39, 0.29) is 0 Å². The quantitative estimate of drug-likeness (QED) is 0.386. The fourth-order valence-electron chi connectivity index (χ4n) is 1.16. The van der Waals surface area contributed by atoms with Crippen LogP contribution in [0.4, 0.5) is 0 Å². The Balaban J connectivity index is 2.81. The first kappa shape index (κ1) is 10.2. The standard InChI is InChI=1S/C10H16N2O/c1-3-5-7-9(6-4-2)10(13)8-12(10)11/h3-7,13H,8,11H2,1-2H3/b5-3-,6-4-,9-7+. The van der Waals surface area contributed by atoms with Crippen LogP contribution in [0.25, 0.3) is 0 Å². The minimum atomic E-state index is -0.938. The first-order valence-electron chi connectivity index (χ1n) is 4.36. The highest BCUT2D eigenvalue weighted by molar-refractivity contribution is 5.36. The van der Waals surface area contributed by atoms with Crippen LogP contribution in [0.15, 0.2) is 36.0 Å². The summed E-state index contributed by atoms with van der Waals surface area (Å²) in [4.78, 5) is 0. The molecule has 0 spiro atoms. The number of aliphatic hydroxyl groups is 1. The van der Waals surface area contributed by atoms with E-state index in [1.165, 1.54) is 5.01 Å². The third-order valence-electron chi connectivity index (χ3n) is 2.04. The molecule has 2 atom stereocenters. The minimum Gasteiger partial charge on any atom is -0.369 e.